The van der Waals surface area contributed by atoms with Crippen LogP contribution in [0.15, 0.2) is 58.4 Å². The van der Waals surface area contributed by atoms with Crippen molar-refractivity contribution in [3.8, 4) is 5.75 Å². The number of carbonyl (C=O) groups is 1. The van der Waals surface area contributed by atoms with Crippen molar-refractivity contribution in [2.24, 2.45) is 5.10 Å². The molecule has 160 valence electrons. The maximum Gasteiger partial charge on any atom is 0.344 e. The highest BCUT2D eigenvalue weighted by molar-refractivity contribution is 5.84. The predicted molar refractivity (Wildman–Crippen MR) is 119 cm³/mol. The standard InChI is InChI=1S/C24H25N3O4/c1-16(24(29)30)31-21-14-8-5-11-18(21)15-25-27-22(17-9-3-2-4-10-17)26-20-13-7-6-12-19(20)23(27)28/h5-8,11-17H,2-4,9-10H2,1H3,(H,29,30)/t16-/m0/s1. The molecule has 0 bridgehead atoms. The van der Waals surface area contributed by atoms with Gasteiger partial charge in [-0.25, -0.2) is 9.78 Å². The van der Waals surface area contributed by atoms with Gasteiger partial charge in [-0.1, -0.05) is 43.5 Å². The average molecular weight is 419 g/mol. The van der Waals surface area contributed by atoms with E-state index in [-0.39, 0.29) is 11.5 Å². The highest BCUT2D eigenvalue weighted by Gasteiger charge is 2.22. The predicted octanol–water partition coefficient (Wildman–Crippen LogP) is 4.18. The molecular formula is C24H25N3O4. The number of aliphatic carboxylic acids is 1. The number of para-hydroxylation sites is 2. The van der Waals surface area contributed by atoms with Crippen LogP contribution in [0.1, 0.15) is 56.3 Å². The smallest absolute Gasteiger partial charge is 0.344 e. The highest BCUT2D eigenvalue weighted by Crippen LogP contribution is 2.31. The Kier molecular flexibility index (Phi) is 6.11. The molecular weight excluding hydrogens is 394 g/mol. The van der Waals surface area contributed by atoms with Crippen molar-refractivity contribution in [3.63, 3.8) is 0 Å². The molecule has 0 radical (unpaired) electrons. The molecule has 1 atom stereocenters. The van der Waals surface area contributed by atoms with E-state index in [1.807, 2.05) is 24.3 Å². The van der Waals surface area contributed by atoms with Crippen molar-refractivity contribution >= 4 is 23.1 Å². The molecule has 0 saturated heterocycles. The Hall–Kier alpha value is -3.48. The number of carboxylic acids is 1. The van der Waals surface area contributed by atoms with Crippen LogP contribution in [0.2, 0.25) is 0 Å². The largest absolute Gasteiger partial charge is 0.479 e. The van der Waals surface area contributed by atoms with Gasteiger partial charge in [0.05, 0.1) is 17.1 Å². The van der Waals surface area contributed by atoms with E-state index in [0.29, 0.717) is 28.0 Å². The van der Waals surface area contributed by atoms with Crippen molar-refractivity contribution in [3.05, 3.63) is 70.3 Å². The first-order chi connectivity index (χ1) is 15.0. The summed E-state index contributed by atoms with van der Waals surface area (Å²) in [4.78, 5) is 29.2. The second-order valence-electron chi connectivity index (χ2n) is 7.82. The van der Waals surface area contributed by atoms with E-state index in [0.717, 1.165) is 25.7 Å². The van der Waals surface area contributed by atoms with Gasteiger partial charge in [0.25, 0.3) is 5.56 Å². The van der Waals surface area contributed by atoms with Gasteiger partial charge >= 0.3 is 5.97 Å². The molecule has 1 aliphatic carbocycles. The zero-order valence-corrected chi connectivity index (χ0v) is 17.4. The Morgan fingerprint density at radius 3 is 2.65 bits per heavy atom. The fourth-order valence-corrected chi connectivity index (χ4v) is 3.93. The first-order valence-corrected chi connectivity index (χ1v) is 10.6. The van der Waals surface area contributed by atoms with E-state index in [4.69, 9.17) is 14.8 Å². The molecule has 0 spiro atoms. The van der Waals surface area contributed by atoms with E-state index in [1.54, 1.807) is 24.3 Å². The van der Waals surface area contributed by atoms with Crippen LogP contribution in [0.5, 0.6) is 5.75 Å². The third-order valence-electron chi connectivity index (χ3n) is 5.63. The van der Waals surface area contributed by atoms with Crippen LogP contribution < -0.4 is 10.3 Å². The molecule has 0 unspecified atom stereocenters. The topological polar surface area (TPSA) is 93.8 Å². The number of carboxylic acid groups (broad SMARTS) is 1. The molecule has 1 saturated carbocycles. The van der Waals surface area contributed by atoms with E-state index in [1.165, 1.54) is 24.2 Å². The van der Waals surface area contributed by atoms with Gasteiger partial charge in [0.2, 0.25) is 0 Å². The first-order valence-electron chi connectivity index (χ1n) is 10.6. The molecule has 0 aliphatic heterocycles. The quantitative estimate of drug-likeness (QED) is 0.605. The Labute approximate surface area is 180 Å². The van der Waals surface area contributed by atoms with Gasteiger partial charge < -0.3 is 9.84 Å². The van der Waals surface area contributed by atoms with Crippen molar-refractivity contribution in [1.82, 2.24) is 9.66 Å². The lowest BCUT2D eigenvalue weighted by atomic mass is 9.88. The van der Waals surface area contributed by atoms with E-state index < -0.39 is 12.1 Å². The summed E-state index contributed by atoms with van der Waals surface area (Å²) in [7, 11) is 0. The number of hydrogen-bond donors (Lipinski definition) is 1. The summed E-state index contributed by atoms with van der Waals surface area (Å²) in [6.07, 6.45) is 5.92. The van der Waals surface area contributed by atoms with Gasteiger partial charge in [0, 0.05) is 11.5 Å². The van der Waals surface area contributed by atoms with Crippen molar-refractivity contribution in [2.75, 3.05) is 0 Å². The van der Waals surface area contributed by atoms with Gasteiger partial charge in [0.15, 0.2) is 6.10 Å². The molecule has 1 heterocycles. The molecule has 1 fully saturated rings. The van der Waals surface area contributed by atoms with Gasteiger partial charge in [-0.3, -0.25) is 4.79 Å². The molecule has 4 rings (SSSR count). The number of hydrogen-bond acceptors (Lipinski definition) is 5. The van der Waals surface area contributed by atoms with Crippen LogP contribution in [0.3, 0.4) is 0 Å². The second-order valence-corrected chi connectivity index (χ2v) is 7.82. The lowest BCUT2D eigenvalue weighted by molar-refractivity contribution is -0.144. The maximum absolute atomic E-state index is 13.3. The monoisotopic (exact) mass is 419 g/mol. The number of ether oxygens (including phenoxy) is 1. The Morgan fingerprint density at radius 2 is 1.87 bits per heavy atom. The lowest BCUT2D eigenvalue weighted by Crippen LogP contribution is -2.25. The number of benzene rings is 2. The van der Waals surface area contributed by atoms with Crippen molar-refractivity contribution in [2.45, 2.75) is 51.0 Å². The van der Waals surface area contributed by atoms with Crippen LogP contribution in [-0.2, 0) is 4.79 Å². The number of nitrogens with zero attached hydrogens (tertiary/aromatic N) is 3. The van der Waals surface area contributed by atoms with Gasteiger partial charge in [-0.2, -0.15) is 9.78 Å². The van der Waals surface area contributed by atoms with Gasteiger partial charge in [-0.05, 0) is 44.0 Å². The maximum atomic E-state index is 13.3. The Morgan fingerprint density at radius 1 is 1.16 bits per heavy atom. The molecule has 7 heteroatoms. The number of fused-ring (bicyclic) bond motifs is 1. The molecule has 31 heavy (non-hydrogen) atoms. The Bertz CT molecular complexity index is 1180. The molecule has 3 aromatic rings. The third-order valence-corrected chi connectivity index (χ3v) is 5.63. The van der Waals surface area contributed by atoms with Crippen molar-refractivity contribution < 1.29 is 14.6 Å². The van der Waals surface area contributed by atoms with E-state index in [2.05, 4.69) is 5.10 Å². The average Bonchev–Trinajstić information content (AvgIpc) is 2.79. The molecule has 1 aromatic heterocycles. The van der Waals surface area contributed by atoms with Gasteiger partial charge in [-0.15, -0.1) is 0 Å². The normalized spacial score (nSPS) is 15.9. The van der Waals surface area contributed by atoms with Crippen LogP contribution in [0, 0.1) is 0 Å². The lowest BCUT2D eigenvalue weighted by Gasteiger charge is -2.22. The fourth-order valence-electron chi connectivity index (χ4n) is 3.93. The summed E-state index contributed by atoms with van der Waals surface area (Å²) >= 11 is 0. The van der Waals surface area contributed by atoms with Crippen LogP contribution >= 0.6 is 0 Å². The Balaban J connectivity index is 1.78. The van der Waals surface area contributed by atoms with E-state index >= 15 is 0 Å². The summed E-state index contributed by atoms with van der Waals surface area (Å²) in [6.45, 7) is 1.47. The van der Waals surface area contributed by atoms with Crippen LogP contribution in [-0.4, -0.2) is 33.1 Å². The first kappa shape index (κ1) is 20.8. The molecule has 0 amide bonds. The number of aromatic nitrogens is 2. The van der Waals surface area contributed by atoms with Gasteiger partial charge in [0.1, 0.15) is 11.6 Å². The molecule has 1 aliphatic rings. The fraction of sp³-hybridized carbons (Fsp3) is 0.333. The minimum absolute atomic E-state index is 0.182. The SMILES string of the molecule is C[C@H](Oc1ccccc1C=Nn1c(C2CCCCC2)nc2ccccc2c1=O)C(=O)O. The summed E-state index contributed by atoms with van der Waals surface area (Å²) in [6, 6.07) is 14.3. The van der Waals surface area contributed by atoms with Crippen molar-refractivity contribution in [1.29, 1.82) is 0 Å². The summed E-state index contributed by atoms with van der Waals surface area (Å²) in [5.74, 6) is 0.196. The van der Waals surface area contributed by atoms with E-state index in [9.17, 15) is 9.59 Å². The minimum Gasteiger partial charge on any atom is -0.479 e. The zero-order chi connectivity index (χ0) is 21.8. The molecule has 1 N–H and O–H groups in total. The summed E-state index contributed by atoms with van der Waals surface area (Å²) in [5.41, 5.74) is 1.06. The van der Waals surface area contributed by atoms with Crippen LogP contribution in [0.25, 0.3) is 10.9 Å². The molecule has 7 nitrogen and oxygen atoms in total. The van der Waals surface area contributed by atoms with Crippen LogP contribution in [0.4, 0.5) is 0 Å². The number of rotatable bonds is 6. The second kappa shape index (κ2) is 9.12. The minimum atomic E-state index is -1.05. The zero-order valence-electron chi connectivity index (χ0n) is 17.4. The summed E-state index contributed by atoms with van der Waals surface area (Å²) in [5, 5.41) is 14.2. The summed E-state index contributed by atoms with van der Waals surface area (Å²) < 4.78 is 6.95. The molecule has 2 aromatic carbocycles. The third kappa shape index (κ3) is 4.50. The highest BCUT2D eigenvalue weighted by atomic mass is 16.5.